The molecule has 0 aliphatic heterocycles. The Hall–Kier alpha value is -3.52. The molecular weight excluding hydrogens is 442 g/mol. The molecule has 0 saturated heterocycles. The first-order chi connectivity index (χ1) is 16.0. The number of ether oxygens (including phenoxy) is 1. The molecule has 0 radical (unpaired) electrons. The van der Waals surface area contributed by atoms with E-state index < -0.39 is 0 Å². The van der Waals surface area contributed by atoms with Crippen LogP contribution >= 0.6 is 11.6 Å². The number of benzene rings is 1. The molecule has 9 heteroatoms. The highest BCUT2D eigenvalue weighted by Crippen LogP contribution is 2.28. The molecule has 2 aromatic heterocycles. The second-order valence-corrected chi connectivity index (χ2v) is 8.32. The first kappa shape index (κ1) is 22.7. The predicted octanol–water partition coefficient (Wildman–Crippen LogP) is 4.13. The standard InChI is InChI=1S/C24H24ClN5O3/c1-15(31)28-21-11-10-19(23-26-12-3-13-27-23)22(30-21)24(32)29-20-5-2-4-16(20)14-33-18-8-6-17(25)7-9-18/h3,6-13,16,20H,2,4-5,14H2,1H3,(H,29,32)(H,28,30,31)/t16-,20+/m1/s1. The minimum absolute atomic E-state index is 0.0550. The molecule has 0 bridgehead atoms. The van der Waals surface area contributed by atoms with Crippen LogP contribution in [0.15, 0.2) is 54.9 Å². The van der Waals surface area contributed by atoms with E-state index in [1.165, 1.54) is 6.92 Å². The summed E-state index contributed by atoms with van der Waals surface area (Å²) in [6.07, 6.45) is 6.00. The summed E-state index contributed by atoms with van der Waals surface area (Å²) in [4.78, 5) is 37.7. The summed E-state index contributed by atoms with van der Waals surface area (Å²) in [6, 6.07) is 12.2. The van der Waals surface area contributed by atoms with Crippen molar-refractivity contribution in [3.8, 4) is 17.1 Å². The van der Waals surface area contributed by atoms with Gasteiger partial charge in [-0.25, -0.2) is 15.0 Å². The first-order valence-electron chi connectivity index (χ1n) is 10.7. The van der Waals surface area contributed by atoms with E-state index in [2.05, 4.69) is 25.6 Å². The maximum atomic E-state index is 13.3. The number of nitrogens with one attached hydrogen (secondary N) is 2. The Labute approximate surface area is 196 Å². The van der Waals surface area contributed by atoms with E-state index >= 15 is 0 Å². The predicted molar refractivity (Wildman–Crippen MR) is 125 cm³/mol. The largest absolute Gasteiger partial charge is 0.493 e. The lowest BCUT2D eigenvalue weighted by Gasteiger charge is -2.22. The van der Waals surface area contributed by atoms with Crippen LogP contribution in [0, 0.1) is 5.92 Å². The van der Waals surface area contributed by atoms with E-state index in [0.717, 1.165) is 25.0 Å². The van der Waals surface area contributed by atoms with Crippen LogP contribution in [0.3, 0.4) is 0 Å². The Bertz CT molecular complexity index is 1120. The second-order valence-electron chi connectivity index (χ2n) is 7.88. The van der Waals surface area contributed by atoms with Gasteiger partial charge in [-0.05, 0) is 55.3 Å². The lowest BCUT2D eigenvalue weighted by atomic mass is 10.0. The molecule has 170 valence electrons. The van der Waals surface area contributed by atoms with Crippen molar-refractivity contribution in [3.63, 3.8) is 0 Å². The quantitative estimate of drug-likeness (QED) is 0.543. The number of nitrogens with zero attached hydrogens (tertiary/aromatic N) is 3. The van der Waals surface area contributed by atoms with Crippen molar-refractivity contribution in [2.75, 3.05) is 11.9 Å². The van der Waals surface area contributed by atoms with E-state index in [1.54, 1.807) is 42.7 Å². The fourth-order valence-electron chi connectivity index (χ4n) is 3.90. The van der Waals surface area contributed by atoms with Gasteiger partial charge in [0.1, 0.15) is 17.3 Å². The number of aromatic nitrogens is 3. The first-order valence-corrected chi connectivity index (χ1v) is 11.1. The molecule has 4 rings (SSSR count). The number of carbonyl (C=O) groups is 2. The van der Waals surface area contributed by atoms with Crippen molar-refractivity contribution in [1.82, 2.24) is 20.3 Å². The molecule has 1 fully saturated rings. The number of pyridine rings is 1. The van der Waals surface area contributed by atoms with Gasteiger partial charge in [-0.3, -0.25) is 9.59 Å². The van der Waals surface area contributed by atoms with Gasteiger partial charge in [0.05, 0.1) is 12.2 Å². The average Bonchev–Trinajstić information content (AvgIpc) is 3.25. The summed E-state index contributed by atoms with van der Waals surface area (Å²) in [5, 5.41) is 6.39. The van der Waals surface area contributed by atoms with Crippen molar-refractivity contribution >= 4 is 29.2 Å². The molecule has 1 aliphatic carbocycles. The Balaban J connectivity index is 1.51. The summed E-state index contributed by atoms with van der Waals surface area (Å²) >= 11 is 5.93. The summed E-state index contributed by atoms with van der Waals surface area (Å²) in [5.74, 6) is 0.977. The number of halogens is 1. The number of hydrogen-bond donors (Lipinski definition) is 2. The van der Waals surface area contributed by atoms with Crippen LogP contribution in [0.2, 0.25) is 5.02 Å². The molecule has 1 aliphatic rings. The molecule has 2 N–H and O–H groups in total. The van der Waals surface area contributed by atoms with E-state index in [-0.39, 0.29) is 29.5 Å². The third-order valence-corrected chi connectivity index (χ3v) is 5.73. The topological polar surface area (TPSA) is 106 Å². The maximum absolute atomic E-state index is 13.3. The van der Waals surface area contributed by atoms with Crippen LogP contribution in [-0.4, -0.2) is 39.4 Å². The Morgan fingerprint density at radius 2 is 1.85 bits per heavy atom. The van der Waals surface area contributed by atoms with Gasteiger partial charge in [0.15, 0.2) is 5.82 Å². The zero-order chi connectivity index (χ0) is 23.2. The fourth-order valence-corrected chi connectivity index (χ4v) is 4.02. The normalized spacial score (nSPS) is 17.4. The molecule has 2 heterocycles. The molecule has 0 unspecified atom stereocenters. The molecule has 33 heavy (non-hydrogen) atoms. The van der Waals surface area contributed by atoms with Crippen molar-refractivity contribution < 1.29 is 14.3 Å². The van der Waals surface area contributed by atoms with E-state index in [1.807, 2.05) is 12.1 Å². The fraction of sp³-hybridized carbons (Fsp3) is 0.292. The van der Waals surface area contributed by atoms with Gasteiger partial charge in [0, 0.05) is 36.3 Å². The van der Waals surface area contributed by atoms with Crippen LogP contribution < -0.4 is 15.4 Å². The van der Waals surface area contributed by atoms with Crippen LogP contribution in [-0.2, 0) is 4.79 Å². The molecule has 2 amide bonds. The smallest absolute Gasteiger partial charge is 0.270 e. The SMILES string of the molecule is CC(=O)Nc1ccc(-c2ncccn2)c(C(=O)N[C@H]2CCC[C@@H]2COc2ccc(Cl)cc2)n1. The molecule has 1 aromatic carbocycles. The highest BCUT2D eigenvalue weighted by atomic mass is 35.5. The van der Waals surface area contributed by atoms with E-state index in [9.17, 15) is 9.59 Å². The van der Waals surface area contributed by atoms with Crippen molar-refractivity contribution in [1.29, 1.82) is 0 Å². The van der Waals surface area contributed by atoms with Crippen molar-refractivity contribution in [2.45, 2.75) is 32.2 Å². The van der Waals surface area contributed by atoms with Gasteiger partial charge in [-0.1, -0.05) is 18.0 Å². The number of hydrogen-bond acceptors (Lipinski definition) is 6. The minimum Gasteiger partial charge on any atom is -0.493 e. The number of anilines is 1. The Kier molecular flexibility index (Phi) is 7.14. The average molecular weight is 466 g/mol. The van der Waals surface area contributed by atoms with Crippen LogP contribution in [0.4, 0.5) is 5.82 Å². The third-order valence-electron chi connectivity index (χ3n) is 5.47. The minimum atomic E-state index is -0.340. The van der Waals surface area contributed by atoms with Gasteiger partial charge in [0.25, 0.3) is 5.91 Å². The highest BCUT2D eigenvalue weighted by Gasteiger charge is 2.31. The number of carbonyl (C=O) groups excluding carboxylic acids is 2. The van der Waals surface area contributed by atoms with Crippen LogP contribution in [0.5, 0.6) is 5.75 Å². The monoisotopic (exact) mass is 465 g/mol. The summed E-state index contributed by atoms with van der Waals surface area (Å²) in [6.45, 7) is 1.88. The molecular formula is C24H24ClN5O3. The Morgan fingerprint density at radius 3 is 2.58 bits per heavy atom. The molecule has 0 spiro atoms. The second kappa shape index (κ2) is 10.4. The van der Waals surface area contributed by atoms with E-state index in [0.29, 0.717) is 28.8 Å². The molecule has 2 atom stereocenters. The van der Waals surface area contributed by atoms with Crippen LogP contribution in [0.25, 0.3) is 11.4 Å². The summed E-state index contributed by atoms with van der Waals surface area (Å²) in [5.41, 5.74) is 0.658. The Morgan fingerprint density at radius 1 is 1.09 bits per heavy atom. The maximum Gasteiger partial charge on any atom is 0.270 e. The molecule has 3 aromatic rings. The number of rotatable bonds is 7. The van der Waals surface area contributed by atoms with Gasteiger partial charge in [-0.15, -0.1) is 0 Å². The third kappa shape index (κ3) is 5.84. The summed E-state index contributed by atoms with van der Waals surface area (Å²) in [7, 11) is 0. The van der Waals surface area contributed by atoms with Gasteiger partial charge in [0.2, 0.25) is 5.91 Å². The van der Waals surface area contributed by atoms with Crippen molar-refractivity contribution in [2.24, 2.45) is 5.92 Å². The lowest BCUT2D eigenvalue weighted by Crippen LogP contribution is -2.40. The van der Waals surface area contributed by atoms with Gasteiger partial charge in [-0.2, -0.15) is 0 Å². The molecule has 8 nitrogen and oxygen atoms in total. The zero-order valence-electron chi connectivity index (χ0n) is 18.1. The summed E-state index contributed by atoms with van der Waals surface area (Å²) < 4.78 is 5.93. The highest BCUT2D eigenvalue weighted by molar-refractivity contribution is 6.30. The zero-order valence-corrected chi connectivity index (χ0v) is 18.9. The van der Waals surface area contributed by atoms with E-state index in [4.69, 9.17) is 16.3 Å². The van der Waals surface area contributed by atoms with Crippen molar-refractivity contribution in [3.05, 3.63) is 65.6 Å². The molecule has 1 saturated carbocycles. The van der Waals surface area contributed by atoms with Crippen LogP contribution in [0.1, 0.15) is 36.7 Å². The lowest BCUT2D eigenvalue weighted by molar-refractivity contribution is -0.114. The van der Waals surface area contributed by atoms with Gasteiger partial charge >= 0.3 is 0 Å². The van der Waals surface area contributed by atoms with Gasteiger partial charge < -0.3 is 15.4 Å². The number of amides is 2.